The molecule has 1 fully saturated rings. The van der Waals surface area contributed by atoms with Gasteiger partial charge >= 0.3 is 0 Å². The van der Waals surface area contributed by atoms with E-state index in [0.29, 0.717) is 24.7 Å². The molecule has 1 aromatic heterocycles. The first-order valence-corrected chi connectivity index (χ1v) is 6.77. The average molecular weight is 283 g/mol. The van der Waals surface area contributed by atoms with E-state index in [1.165, 1.54) is 4.68 Å². The molecule has 104 valence electrons. The van der Waals surface area contributed by atoms with Gasteiger partial charge in [-0.2, -0.15) is 5.10 Å². The van der Waals surface area contributed by atoms with Crippen molar-refractivity contribution >= 4 is 17.3 Å². The van der Waals surface area contributed by atoms with Crippen molar-refractivity contribution in [2.45, 2.75) is 25.9 Å². The minimum Gasteiger partial charge on any atom is -0.367 e. The van der Waals surface area contributed by atoms with E-state index in [0.717, 1.165) is 13.0 Å². The van der Waals surface area contributed by atoms with E-state index < -0.39 is 0 Å². The molecule has 6 heteroatoms. The van der Waals surface area contributed by atoms with E-state index in [1.54, 1.807) is 12.3 Å². The van der Waals surface area contributed by atoms with E-state index in [4.69, 9.17) is 17.3 Å². The Balaban J connectivity index is 2.32. The molecule has 2 atom stereocenters. The molecule has 1 aliphatic rings. The number of nitrogens with zero attached hydrogens (tertiary/aromatic N) is 3. The topological polar surface area (TPSA) is 64.2 Å². The summed E-state index contributed by atoms with van der Waals surface area (Å²) in [5.74, 6) is 0.482. The third kappa shape index (κ3) is 2.98. The number of anilines is 1. The Bertz CT molecular complexity index is 518. The van der Waals surface area contributed by atoms with E-state index >= 15 is 0 Å². The average Bonchev–Trinajstić information content (AvgIpc) is 2.34. The van der Waals surface area contributed by atoms with Crippen molar-refractivity contribution in [1.29, 1.82) is 0 Å². The monoisotopic (exact) mass is 282 g/mol. The third-order valence-corrected chi connectivity index (χ3v) is 3.66. The Morgan fingerprint density at radius 2 is 2.37 bits per heavy atom. The molecule has 0 saturated carbocycles. The summed E-state index contributed by atoms with van der Waals surface area (Å²) in [4.78, 5) is 14.1. The molecule has 0 radical (unpaired) electrons. The van der Waals surface area contributed by atoms with Crippen LogP contribution in [-0.2, 0) is 6.54 Å². The van der Waals surface area contributed by atoms with Crippen molar-refractivity contribution in [1.82, 2.24) is 9.78 Å². The molecule has 1 aromatic rings. The summed E-state index contributed by atoms with van der Waals surface area (Å²) in [6.45, 7) is 7.64. The Labute approximate surface area is 117 Å². The van der Waals surface area contributed by atoms with Gasteiger partial charge in [0.15, 0.2) is 0 Å². The Hall–Kier alpha value is -1.33. The number of rotatable bonds is 3. The molecule has 2 heterocycles. The molecular weight excluding hydrogens is 264 g/mol. The minimum absolute atomic E-state index is 0.107. The van der Waals surface area contributed by atoms with Crippen LogP contribution in [-0.4, -0.2) is 28.9 Å². The molecule has 0 spiro atoms. The number of halogens is 1. The summed E-state index contributed by atoms with van der Waals surface area (Å²) in [7, 11) is 0. The van der Waals surface area contributed by atoms with Crippen LogP contribution < -0.4 is 16.2 Å². The molecule has 19 heavy (non-hydrogen) atoms. The maximum Gasteiger partial charge on any atom is 0.287 e. The molecule has 2 rings (SSSR count). The van der Waals surface area contributed by atoms with Gasteiger partial charge in [-0.15, -0.1) is 6.58 Å². The zero-order chi connectivity index (χ0) is 14.0. The lowest BCUT2D eigenvalue weighted by atomic mass is 9.96. The van der Waals surface area contributed by atoms with Crippen LogP contribution in [0.2, 0.25) is 5.02 Å². The number of hydrogen-bond donors (Lipinski definition) is 1. The molecule has 1 aliphatic heterocycles. The van der Waals surface area contributed by atoms with Crippen LogP contribution in [0.4, 0.5) is 5.69 Å². The summed E-state index contributed by atoms with van der Waals surface area (Å²) < 4.78 is 1.30. The lowest BCUT2D eigenvalue weighted by molar-refractivity contribution is 0.401. The van der Waals surface area contributed by atoms with Gasteiger partial charge in [-0.05, 0) is 12.3 Å². The molecule has 2 unspecified atom stereocenters. The molecule has 0 amide bonds. The van der Waals surface area contributed by atoms with Crippen molar-refractivity contribution in [3.63, 3.8) is 0 Å². The summed E-state index contributed by atoms with van der Waals surface area (Å²) >= 11 is 6.17. The van der Waals surface area contributed by atoms with E-state index in [9.17, 15) is 4.79 Å². The van der Waals surface area contributed by atoms with Gasteiger partial charge in [-0.25, -0.2) is 4.68 Å². The second kappa shape index (κ2) is 5.75. The number of hydrogen-bond acceptors (Lipinski definition) is 4. The van der Waals surface area contributed by atoms with Gasteiger partial charge in [0.05, 0.1) is 18.4 Å². The van der Waals surface area contributed by atoms with E-state index in [1.807, 2.05) is 4.90 Å². The van der Waals surface area contributed by atoms with Crippen LogP contribution >= 0.6 is 11.6 Å². The van der Waals surface area contributed by atoms with Crippen LogP contribution in [0.15, 0.2) is 23.6 Å². The van der Waals surface area contributed by atoms with Gasteiger partial charge < -0.3 is 10.6 Å². The fraction of sp³-hybridized carbons (Fsp3) is 0.538. The van der Waals surface area contributed by atoms with E-state index in [-0.39, 0.29) is 16.6 Å². The standard InChI is InChI=1S/C13H19ClN4O/c1-3-4-18-13(19)12(14)11(6-16-18)17-7-9(2)5-10(15)8-17/h3,6,9-10H,1,4-5,7-8,15H2,2H3. The molecular formula is C13H19ClN4O. The molecule has 0 aliphatic carbocycles. The lowest BCUT2D eigenvalue weighted by Crippen LogP contribution is -2.47. The third-order valence-electron chi connectivity index (χ3n) is 3.30. The van der Waals surface area contributed by atoms with Crippen LogP contribution in [0.5, 0.6) is 0 Å². The van der Waals surface area contributed by atoms with Gasteiger partial charge in [0.25, 0.3) is 5.56 Å². The second-order valence-electron chi connectivity index (χ2n) is 5.13. The van der Waals surface area contributed by atoms with E-state index in [2.05, 4.69) is 18.6 Å². The predicted molar refractivity (Wildman–Crippen MR) is 77.7 cm³/mol. The van der Waals surface area contributed by atoms with Crippen LogP contribution in [0.25, 0.3) is 0 Å². The predicted octanol–water partition coefficient (Wildman–Crippen LogP) is 1.26. The first-order valence-electron chi connectivity index (χ1n) is 6.40. The van der Waals surface area contributed by atoms with Gasteiger partial charge in [0.2, 0.25) is 0 Å². The lowest BCUT2D eigenvalue weighted by Gasteiger charge is -2.36. The van der Waals surface area contributed by atoms with Crippen molar-refractivity contribution in [3.05, 3.63) is 34.2 Å². The van der Waals surface area contributed by atoms with Crippen molar-refractivity contribution in [2.75, 3.05) is 18.0 Å². The summed E-state index contributed by atoms with van der Waals surface area (Å²) in [5, 5.41) is 4.33. The second-order valence-corrected chi connectivity index (χ2v) is 5.50. The summed E-state index contributed by atoms with van der Waals surface area (Å²) in [5.41, 5.74) is 6.41. The number of nitrogens with two attached hydrogens (primary N) is 1. The Kier molecular flexibility index (Phi) is 4.27. The highest BCUT2D eigenvalue weighted by molar-refractivity contribution is 6.33. The number of aromatic nitrogens is 2. The zero-order valence-corrected chi connectivity index (χ0v) is 11.8. The molecule has 0 aromatic carbocycles. The largest absolute Gasteiger partial charge is 0.367 e. The van der Waals surface area contributed by atoms with Crippen molar-refractivity contribution in [3.8, 4) is 0 Å². The smallest absolute Gasteiger partial charge is 0.287 e. The summed E-state index contributed by atoms with van der Waals surface area (Å²) in [6, 6.07) is 0.107. The van der Waals surface area contributed by atoms with Gasteiger partial charge in [0.1, 0.15) is 5.02 Å². The quantitative estimate of drug-likeness (QED) is 0.848. The van der Waals surface area contributed by atoms with Gasteiger partial charge in [-0.3, -0.25) is 4.79 Å². The highest BCUT2D eigenvalue weighted by Gasteiger charge is 2.25. The van der Waals surface area contributed by atoms with Crippen molar-refractivity contribution < 1.29 is 0 Å². The Morgan fingerprint density at radius 3 is 3.00 bits per heavy atom. The maximum absolute atomic E-state index is 12.0. The van der Waals surface area contributed by atoms with Crippen molar-refractivity contribution in [2.24, 2.45) is 11.7 Å². The number of piperidine rings is 1. The highest BCUT2D eigenvalue weighted by Crippen LogP contribution is 2.26. The molecule has 5 nitrogen and oxygen atoms in total. The summed E-state index contributed by atoms with van der Waals surface area (Å²) in [6.07, 6.45) is 4.25. The fourth-order valence-electron chi connectivity index (χ4n) is 2.53. The fourth-order valence-corrected chi connectivity index (χ4v) is 2.79. The number of allylic oxidation sites excluding steroid dienone is 1. The molecule has 2 N–H and O–H groups in total. The van der Waals surface area contributed by atoms with Gasteiger partial charge in [-0.1, -0.05) is 24.6 Å². The van der Waals surface area contributed by atoms with Crippen LogP contribution in [0.1, 0.15) is 13.3 Å². The first-order chi connectivity index (χ1) is 9.02. The zero-order valence-electron chi connectivity index (χ0n) is 11.1. The SMILES string of the molecule is C=CCn1ncc(N2CC(C)CC(N)C2)c(Cl)c1=O. The first kappa shape index (κ1) is 14.1. The van der Waals surface area contributed by atoms with Crippen LogP contribution in [0, 0.1) is 5.92 Å². The van der Waals surface area contributed by atoms with Crippen LogP contribution in [0.3, 0.4) is 0 Å². The molecule has 1 saturated heterocycles. The maximum atomic E-state index is 12.0. The van der Waals surface area contributed by atoms with Gasteiger partial charge in [0, 0.05) is 19.1 Å². The Morgan fingerprint density at radius 1 is 1.63 bits per heavy atom. The molecule has 0 bridgehead atoms. The highest BCUT2D eigenvalue weighted by atomic mass is 35.5. The minimum atomic E-state index is -0.286. The normalized spacial score (nSPS) is 23.4.